The van der Waals surface area contributed by atoms with Crippen molar-refractivity contribution in [2.75, 3.05) is 0 Å². The zero-order valence-electron chi connectivity index (χ0n) is 4.52. The van der Waals surface area contributed by atoms with Gasteiger partial charge in [0, 0.05) is 22.9 Å². The molecule has 4 heteroatoms. The first kappa shape index (κ1) is 6.77. The smallest absolute Gasteiger partial charge is 0.261 e. The van der Waals surface area contributed by atoms with Gasteiger partial charge in [0.1, 0.15) is 0 Å². The zero-order valence-corrected chi connectivity index (χ0v) is 6.23. The van der Waals surface area contributed by atoms with E-state index in [2.05, 4.69) is 11.7 Å². The van der Waals surface area contributed by atoms with E-state index in [-0.39, 0.29) is 0 Å². The summed E-state index contributed by atoms with van der Waals surface area (Å²) in [5.41, 5.74) is 0. The van der Waals surface area contributed by atoms with Gasteiger partial charge in [-0.05, 0) is 6.07 Å². The van der Waals surface area contributed by atoms with Gasteiger partial charge in [0.25, 0.3) is 5.03 Å². The molecular weight excluding hydrogens is 154 g/mol. The molecule has 2 nitrogen and oxygen atoms in total. The van der Waals surface area contributed by atoms with Gasteiger partial charge in [0.15, 0.2) is 6.20 Å². The summed E-state index contributed by atoms with van der Waals surface area (Å²) < 4.78 is 0.775. The van der Waals surface area contributed by atoms with Crippen molar-refractivity contribution in [3.05, 3.63) is 29.6 Å². The van der Waals surface area contributed by atoms with Crippen molar-refractivity contribution in [3.63, 3.8) is 0 Å². The van der Waals surface area contributed by atoms with Gasteiger partial charge in [-0.2, -0.15) is 4.73 Å². The van der Waals surface area contributed by atoms with E-state index in [9.17, 15) is 5.21 Å². The Kier molecular flexibility index (Phi) is 2.24. The lowest BCUT2D eigenvalue weighted by Gasteiger charge is -1.97. The predicted octanol–water partition coefficient (Wildman–Crippen LogP) is 1.26. The molecule has 1 heterocycles. The molecule has 0 saturated carbocycles. The minimum atomic E-state index is 0.598. The highest BCUT2D eigenvalue weighted by atomic mass is 33.1. The second kappa shape index (κ2) is 2.98. The molecule has 0 amide bonds. The number of rotatable bonds is 1. The first-order chi connectivity index (χ1) is 4.34. The summed E-state index contributed by atoms with van der Waals surface area (Å²) in [7, 11) is 1.14. The average molecular weight is 159 g/mol. The predicted molar refractivity (Wildman–Crippen MR) is 40.2 cm³/mol. The lowest BCUT2D eigenvalue weighted by molar-refractivity contribution is -0.645. The number of hydrogen-bond donors (Lipinski definition) is 1. The largest absolute Gasteiger partial charge is 0.618 e. The molecule has 0 atom stereocenters. The van der Waals surface area contributed by atoms with Crippen molar-refractivity contribution in [2.45, 2.75) is 5.03 Å². The molecule has 0 spiro atoms. The fourth-order valence-corrected chi connectivity index (χ4v) is 1.19. The number of thiol groups is 1. The van der Waals surface area contributed by atoms with Gasteiger partial charge in [-0.1, -0.05) is 0 Å². The van der Waals surface area contributed by atoms with Gasteiger partial charge in [0.05, 0.1) is 0 Å². The van der Waals surface area contributed by atoms with Crippen LogP contribution in [0.1, 0.15) is 0 Å². The highest BCUT2D eigenvalue weighted by Gasteiger charge is 1.97. The van der Waals surface area contributed by atoms with Crippen LogP contribution in [0, 0.1) is 5.21 Å². The van der Waals surface area contributed by atoms with E-state index >= 15 is 0 Å². The maximum Gasteiger partial charge on any atom is 0.261 e. The highest BCUT2D eigenvalue weighted by Crippen LogP contribution is 2.15. The van der Waals surface area contributed by atoms with Gasteiger partial charge in [-0.15, -0.1) is 11.7 Å². The van der Waals surface area contributed by atoms with Gasteiger partial charge < -0.3 is 5.21 Å². The van der Waals surface area contributed by atoms with E-state index in [4.69, 9.17) is 0 Å². The molecule has 0 aliphatic rings. The third-order valence-electron chi connectivity index (χ3n) is 0.882. The zero-order chi connectivity index (χ0) is 6.69. The highest BCUT2D eigenvalue weighted by molar-refractivity contribution is 8.68. The summed E-state index contributed by atoms with van der Waals surface area (Å²) in [5, 5.41) is 11.3. The van der Waals surface area contributed by atoms with Crippen molar-refractivity contribution in [2.24, 2.45) is 0 Å². The van der Waals surface area contributed by atoms with Gasteiger partial charge in [-0.25, -0.2) is 0 Å². The van der Waals surface area contributed by atoms with Crippen molar-refractivity contribution >= 4 is 22.5 Å². The molecule has 1 aromatic heterocycles. The van der Waals surface area contributed by atoms with Crippen LogP contribution >= 0.6 is 22.5 Å². The number of pyridine rings is 1. The minimum Gasteiger partial charge on any atom is -0.618 e. The van der Waals surface area contributed by atoms with Gasteiger partial charge in [-0.3, -0.25) is 0 Å². The van der Waals surface area contributed by atoms with E-state index in [1.807, 2.05) is 0 Å². The van der Waals surface area contributed by atoms with E-state index in [0.717, 1.165) is 15.5 Å². The van der Waals surface area contributed by atoms with Crippen LogP contribution in [0.3, 0.4) is 0 Å². The second-order valence-electron chi connectivity index (χ2n) is 1.46. The fraction of sp³-hybridized carbons (Fsp3) is 0. The van der Waals surface area contributed by atoms with Crippen LogP contribution in [-0.2, 0) is 0 Å². The summed E-state index contributed by atoms with van der Waals surface area (Å²) in [6, 6.07) is 5.19. The van der Waals surface area contributed by atoms with Gasteiger partial charge >= 0.3 is 0 Å². The van der Waals surface area contributed by atoms with Crippen molar-refractivity contribution < 1.29 is 4.73 Å². The summed E-state index contributed by atoms with van der Waals surface area (Å²) in [6.07, 6.45) is 1.44. The Bertz CT molecular complexity index is 204. The monoisotopic (exact) mass is 159 g/mol. The van der Waals surface area contributed by atoms with E-state index < -0.39 is 0 Å². The first-order valence-electron chi connectivity index (χ1n) is 2.34. The molecule has 0 bridgehead atoms. The van der Waals surface area contributed by atoms with E-state index in [1.54, 1.807) is 18.2 Å². The van der Waals surface area contributed by atoms with Crippen molar-refractivity contribution in [1.82, 2.24) is 0 Å². The van der Waals surface area contributed by atoms with Crippen LogP contribution in [0.25, 0.3) is 0 Å². The van der Waals surface area contributed by atoms with Crippen LogP contribution in [0.5, 0.6) is 0 Å². The summed E-state index contributed by atoms with van der Waals surface area (Å²) >= 11 is 3.88. The van der Waals surface area contributed by atoms with Crippen molar-refractivity contribution in [3.8, 4) is 0 Å². The topological polar surface area (TPSA) is 26.9 Å². The fourth-order valence-electron chi connectivity index (χ4n) is 0.483. The van der Waals surface area contributed by atoms with Crippen LogP contribution in [0.4, 0.5) is 0 Å². The summed E-state index contributed by atoms with van der Waals surface area (Å²) in [5.74, 6) is 0. The number of nitrogens with zero attached hydrogens (tertiary/aromatic N) is 1. The molecule has 9 heavy (non-hydrogen) atoms. The second-order valence-corrected chi connectivity index (χ2v) is 2.60. The molecule has 1 aromatic rings. The quantitative estimate of drug-likeness (QED) is 0.289. The molecule has 0 aliphatic heterocycles. The van der Waals surface area contributed by atoms with Crippen molar-refractivity contribution in [1.29, 1.82) is 0 Å². The molecule has 48 valence electrons. The maximum atomic E-state index is 10.7. The lowest BCUT2D eigenvalue weighted by atomic mass is 10.5. The van der Waals surface area contributed by atoms with Crippen LogP contribution < -0.4 is 4.73 Å². The Labute approximate surface area is 62.3 Å². The van der Waals surface area contributed by atoms with Gasteiger partial charge in [0.2, 0.25) is 0 Å². The molecule has 0 saturated heterocycles. The summed E-state index contributed by atoms with van der Waals surface area (Å²) in [6.45, 7) is 0. The molecule has 0 aromatic carbocycles. The molecule has 0 aliphatic carbocycles. The Hall–Kier alpha value is -0.350. The van der Waals surface area contributed by atoms with Crippen LogP contribution in [0.2, 0.25) is 0 Å². The first-order valence-corrected chi connectivity index (χ1v) is 4.21. The molecule has 0 unspecified atom stereocenters. The Morgan fingerprint density at radius 3 is 2.78 bits per heavy atom. The third kappa shape index (κ3) is 1.53. The Morgan fingerprint density at radius 2 is 2.33 bits per heavy atom. The third-order valence-corrected chi connectivity index (χ3v) is 1.95. The number of aromatic nitrogens is 1. The molecule has 0 N–H and O–H groups in total. The average Bonchev–Trinajstić information content (AvgIpc) is 1.89. The normalized spacial score (nSPS) is 9.44. The molecule has 0 fully saturated rings. The molecular formula is C5H5NOS2. The lowest BCUT2D eigenvalue weighted by Crippen LogP contribution is -2.26. The van der Waals surface area contributed by atoms with Crippen LogP contribution in [0.15, 0.2) is 29.4 Å². The van der Waals surface area contributed by atoms with E-state index in [0.29, 0.717) is 5.03 Å². The Morgan fingerprint density at radius 1 is 1.56 bits per heavy atom. The minimum absolute atomic E-state index is 0.598. The molecule has 1 rings (SSSR count). The molecule has 0 radical (unpaired) electrons. The van der Waals surface area contributed by atoms with Crippen LogP contribution in [-0.4, -0.2) is 0 Å². The SMILES string of the molecule is [O-][n+]1ccccc1SS. The number of hydrogen-bond acceptors (Lipinski definition) is 3. The Balaban J connectivity index is 3.01. The van der Waals surface area contributed by atoms with E-state index in [1.165, 1.54) is 6.20 Å². The maximum absolute atomic E-state index is 10.7. The summed E-state index contributed by atoms with van der Waals surface area (Å²) in [4.78, 5) is 0. The standard InChI is InChI=1S/C5H5NOS2/c7-6-4-2-1-3-5(6)9-8/h1-4,8H.